The molecule has 0 aliphatic carbocycles. The van der Waals surface area contributed by atoms with Crippen LogP contribution in [0, 0.1) is 6.92 Å². The molecule has 4 N–H and O–H groups in total. The summed E-state index contributed by atoms with van der Waals surface area (Å²) in [5.74, 6) is 0.211. The van der Waals surface area contributed by atoms with Crippen molar-refractivity contribution in [3.8, 4) is 16.3 Å². The van der Waals surface area contributed by atoms with Crippen LogP contribution in [0.3, 0.4) is 0 Å². The number of nitrogens with zero attached hydrogens (tertiary/aromatic N) is 1. The third-order valence-electron chi connectivity index (χ3n) is 4.70. The lowest BCUT2D eigenvalue weighted by Crippen LogP contribution is -2.60. The van der Waals surface area contributed by atoms with E-state index in [0.29, 0.717) is 16.0 Å². The van der Waals surface area contributed by atoms with Crippen molar-refractivity contribution < 1.29 is 34.3 Å². The minimum Gasteiger partial charge on any atom is -0.463 e. The summed E-state index contributed by atoms with van der Waals surface area (Å²) in [6.07, 6.45) is -5.63. The number of ether oxygens (including phenoxy) is 2. The first-order valence-electron chi connectivity index (χ1n) is 8.84. The van der Waals surface area contributed by atoms with E-state index in [9.17, 15) is 25.2 Å². The van der Waals surface area contributed by atoms with Gasteiger partial charge in [0, 0.05) is 17.1 Å². The molecule has 0 amide bonds. The predicted molar refractivity (Wildman–Crippen MR) is 103 cm³/mol. The SMILES string of the molecule is Cc1csc(-c2coc3cc(O[C@H]4O[C@H](CO)[C@@H](O)[C@H](O)[C@H]4O)ccc3c2=O)n1. The quantitative estimate of drug-likeness (QED) is 0.471. The summed E-state index contributed by atoms with van der Waals surface area (Å²) in [4.78, 5) is 17.1. The largest absolute Gasteiger partial charge is 0.463 e. The number of aliphatic hydroxyl groups excluding tert-OH is 4. The van der Waals surface area contributed by atoms with Crippen LogP contribution in [0.4, 0.5) is 0 Å². The number of hydrogen-bond acceptors (Lipinski definition) is 10. The molecule has 1 fully saturated rings. The van der Waals surface area contributed by atoms with Crippen molar-refractivity contribution in [3.05, 3.63) is 45.8 Å². The first-order valence-corrected chi connectivity index (χ1v) is 9.72. The van der Waals surface area contributed by atoms with E-state index in [1.165, 1.54) is 35.8 Å². The van der Waals surface area contributed by atoms with Gasteiger partial charge in [0.25, 0.3) is 0 Å². The lowest BCUT2D eigenvalue weighted by molar-refractivity contribution is -0.277. The molecule has 0 radical (unpaired) electrons. The molecule has 5 atom stereocenters. The van der Waals surface area contributed by atoms with Gasteiger partial charge >= 0.3 is 0 Å². The second kappa shape index (κ2) is 7.82. The average Bonchev–Trinajstić information content (AvgIpc) is 3.14. The fraction of sp³-hybridized carbons (Fsp3) is 0.368. The first kappa shape index (κ1) is 20.0. The molecule has 29 heavy (non-hydrogen) atoms. The van der Waals surface area contributed by atoms with E-state index in [0.717, 1.165) is 5.69 Å². The highest BCUT2D eigenvalue weighted by molar-refractivity contribution is 7.13. The van der Waals surface area contributed by atoms with Crippen molar-refractivity contribution in [1.29, 1.82) is 0 Å². The molecule has 0 unspecified atom stereocenters. The van der Waals surface area contributed by atoms with Gasteiger partial charge in [0.05, 0.1) is 17.6 Å². The zero-order valence-electron chi connectivity index (χ0n) is 15.3. The Labute approximate surface area is 168 Å². The van der Waals surface area contributed by atoms with E-state index >= 15 is 0 Å². The smallest absolute Gasteiger partial charge is 0.229 e. The van der Waals surface area contributed by atoms with Gasteiger partial charge in [0.2, 0.25) is 11.7 Å². The van der Waals surface area contributed by atoms with E-state index in [4.69, 9.17) is 13.9 Å². The molecule has 154 valence electrons. The van der Waals surface area contributed by atoms with E-state index < -0.39 is 37.3 Å². The number of hydrogen-bond donors (Lipinski definition) is 4. The van der Waals surface area contributed by atoms with E-state index in [1.807, 2.05) is 12.3 Å². The average molecular weight is 421 g/mol. The van der Waals surface area contributed by atoms with Crippen molar-refractivity contribution >= 4 is 22.3 Å². The van der Waals surface area contributed by atoms with Gasteiger partial charge in [-0.2, -0.15) is 0 Å². The lowest BCUT2D eigenvalue weighted by Gasteiger charge is -2.39. The maximum atomic E-state index is 12.8. The molecular weight excluding hydrogens is 402 g/mol. The summed E-state index contributed by atoms with van der Waals surface area (Å²) < 4.78 is 16.5. The Kier molecular flexibility index (Phi) is 5.38. The monoisotopic (exact) mass is 421 g/mol. The Bertz CT molecular complexity index is 1080. The van der Waals surface area contributed by atoms with Gasteiger partial charge in [-0.25, -0.2) is 4.98 Å². The van der Waals surface area contributed by atoms with Gasteiger partial charge in [-0.15, -0.1) is 11.3 Å². The van der Waals surface area contributed by atoms with Crippen LogP contribution in [-0.4, -0.2) is 62.7 Å². The third kappa shape index (κ3) is 3.66. The highest BCUT2D eigenvalue weighted by atomic mass is 32.1. The van der Waals surface area contributed by atoms with Gasteiger partial charge in [0.1, 0.15) is 47.0 Å². The molecule has 0 bridgehead atoms. The molecule has 1 saturated heterocycles. The fourth-order valence-corrected chi connectivity index (χ4v) is 3.91. The Morgan fingerprint density at radius 3 is 2.69 bits per heavy atom. The maximum absolute atomic E-state index is 12.8. The number of thiazole rings is 1. The van der Waals surface area contributed by atoms with Crippen LogP contribution in [0.1, 0.15) is 5.69 Å². The molecule has 10 heteroatoms. The molecule has 1 aromatic carbocycles. The summed E-state index contributed by atoms with van der Waals surface area (Å²) in [5.41, 5.74) is 1.19. The summed E-state index contributed by atoms with van der Waals surface area (Å²) in [7, 11) is 0. The molecule has 3 aromatic rings. The zero-order valence-corrected chi connectivity index (χ0v) is 16.1. The minimum atomic E-state index is -1.55. The number of benzene rings is 1. The van der Waals surface area contributed by atoms with Gasteiger partial charge < -0.3 is 34.3 Å². The number of aromatic nitrogens is 1. The Hall–Kier alpha value is -2.34. The van der Waals surface area contributed by atoms with Gasteiger partial charge in [0.15, 0.2) is 0 Å². The van der Waals surface area contributed by atoms with E-state index in [-0.39, 0.29) is 16.8 Å². The van der Waals surface area contributed by atoms with Gasteiger partial charge in [-0.05, 0) is 19.1 Å². The van der Waals surface area contributed by atoms with Crippen molar-refractivity contribution in [2.24, 2.45) is 0 Å². The molecular formula is C19H19NO8S. The molecule has 2 aromatic heterocycles. The van der Waals surface area contributed by atoms with Gasteiger partial charge in [-0.1, -0.05) is 0 Å². The second-order valence-corrected chi connectivity index (χ2v) is 7.60. The minimum absolute atomic E-state index is 0.211. The maximum Gasteiger partial charge on any atom is 0.229 e. The molecule has 1 aliphatic rings. The fourth-order valence-electron chi connectivity index (χ4n) is 3.11. The molecule has 3 heterocycles. The second-order valence-electron chi connectivity index (χ2n) is 6.75. The van der Waals surface area contributed by atoms with Crippen molar-refractivity contribution in [3.63, 3.8) is 0 Å². The topological polar surface area (TPSA) is 142 Å². The normalized spacial score (nSPS) is 27.3. The summed E-state index contributed by atoms with van der Waals surface area (Å²) >= 11 is 1.35. The van der Waals surface area contributed by atoms with E-state index in [2.05, 4.69) is 4.98 Å². The number of aryl methyl sites for hydroxylation is 1. The number of fused-ring (bicyclic) bond motifs is 1. The van der Waals surface area contributed by atoms with Crippen LogP contribution in [0.5, 0.6) is 5.75 Å². The standard InChI is InChI=1S/C19H19NO8S/c1-8-7-29-18(20-8)11-6-26-12-4-9(2-3-10(12)14(11)22)27-19-17(25)16(24)15(23)13(5-21)28-19/h2-4,6-7,13,15-17,19,21,23-25H,5H2,1H3/t13-,15-,16+,17-,19+/m1/s1. The van der Waals surface area contributed by atoms with Gasteiger partial charge in [-0.3, -0.25) is 4.79 Å². The summed E-state index contributed by atoms with van der Waals surface area (Å²) in [6.45, 7) is 1.28. The molecule has 4 rings (SSSR count). The molecule has 0 saturated carbocycles. The summed E-state index contributed by atoms with van der Waals surface area (Å²) in [6, 6.07) is 4.47. The molecule has 1 aliphatic heterocycles. The zero-order chi connectivity index (χ0) is 20.7. The Morgan fingerprint density at radius 2 is 2.00 bits per heavy atom. The predicted octanol–water partition coefficient (Wildman–Crippen LogP) is 0.404. The van der Waals surface area contributed by atoms with Crippen LogP contribution >= 0.6 is 11.3 Å². The van der Waals surface area contributed by atoms with E-state index in [1.54, 1.807) is 0 Å². The first-order chi connectivity index (χ1) is 13.9. The summed E-state index contributed by atoms with van der Waals surface area (Å²) in [5, 5.41) is 41.8. The Balaban J connectivity index is 1.62. The Morgan fingerprint density at radius 1 is 1.21 bits per heavy atom. The number of rotatable bonds is 4. The van der Waals surface area contributed by atoms with Crippen LogP contribution < -0.4 is 10.2 Å². The highest BCUT2D eigenvalue weighted by Crippen LogP contribution is 2.28. The van der Waals surface area contributed by atoms with Crippen molar-refractivity contribution in [1.82, 2.24) is 4.98 Å². The van der Waals surface area contributed by atoms with Crippen molar-refractivity contribution in [2.45, 2.75) is 37.6 Å². The third-order valence-corrected chi connectivity index (χ3v) is 5.69. The van der Waals surface area contributed by atoms with Crippen LogP contribution in [-0.2, 0) is 4.74 Å². The van der Waals surface area contributed by atoms with Crippen LogP contribution in [0.15, 0.2) is 39.1 Å². The lowest BCUT2D eigenvalue weighted by atomic mass is 9.99. The van der Waals surface area contributed by atoms with Crippen molar-refractivity contribution in [2.75, 3.05) is 6.61 Å². The molecule has 0 spiro atoms. The highest BCUT2D eigenvalue weighted by Gasteiger charge is 2.44. The van der Waals surface area contributed by atoms with Crippen LogP contribution in [0.2, 0.25) is 0 Å². The van der Waals surface area contributed by atoms with Crippen LogP contribution in [0.25, 0.3) is 21.5 Å². The number of aliphatic hydroxyl groups is 4. The molecule has 9 nitrogen and oxygen atoms in total.